The third kappa shape index (κ3) is 4.74. The molecule has 104 valence electrons. The van der Waals surface area contributed by atoms with Crippen LogP contribution in [-0.2, 0) is 13.1 Å². The van der Waals surface area contributed by atoms with Crippen LogP contribution in [0.1, 0.15) is 39.8 Å². The van der Waals surface area contributed by atoms with Crippen molar-refractivity contribution in [1.29, 1.82) is 0 Å². The zero-order chi connectivity index (χ0) is 13.4. The minimum absolute atomic E-state index is 0.639. The van der Waals surface area contributed by atoms with E-state index in [1.165, 1.54) is 6.42 Å². The highest BCUT2D eigenvalue weighted by atomic mass is 15.4. The van der Waals surface area contributed by atoms with Crippen molar-refractivity contribution in [2.45, 2.75) is 53.2 Å². The Bertz CT molecular complexity index is 323. The number of likely N-dealkylation sites (N-methyl/N-ethyl adjacent to an activating group) is 1. The van der Waals surface area contributed by atoms with Crippen LogP contribution in [0.5, 0.6) is 0 Å². The van der Waals surface area contributed by atoms with E-state index in [0.717, 1.165) is 38.4 Å². The summed E-state index contributed by atoms with van der Waals surface area (Å²) in [6, 6.07) is 0.639. The van der Waals surface area contributed by atoms with Crippen molar-refractivity contribution >= 4 is 0 Å². The summed E-state index contributed by atoms with van der Waals surface area (Å²) in [5.74, 6) is 0. The van der Waals surface area contributed by atoms with E-state index < -0.39 is 0 Å². The summed E-state index contributed by atoms with van der Waals surface area (Å²) in [5.41, 5.74) is 1.02. The molecule has 1 atom stereocenters. The number of nitrogens with one attached hydrogen (secondary N) is 1. The lowest BCUT2D eigenvalue weighted by Crippen LogP contribution is -2.35. The molecule has 5 heteroatoms. The predicted octanol–water partition coefficient (Wildman–Crippen LogP) is 1.51. The third-order valence-corrected chi connectivity index (χ3v) is 3.38. The second-order valence-electron chi connectivity index (χ2n) is 4.64. The van der Waals surface area contributed by atoms with Gasteiger partial charge >= 0.3 is 0 Å². The molecule has 0 fully saturated rings. The van der Waals surface area contributed by atoms with Crippen molar-refractivity contribution in [3.8, 4) is 0 Å². The van der Waals surface area contributed by atoms with Gasteiger partial charge in [-0.1, -0.05) is 26.0 Å². The topological polar surface area (TPSA) is 46.0 Å². The molecule has 0 spiro atoms. The van der Waals surface area contributed by atoms with Crippen molar-refractivity contribution < 1.29 is 0 Å². The molecule has 0 bridgehead atoms. The second kappa shape index (κ2) is 8.21. The average Bonchev–Trinajstić information content (AvgIpc) is 2.84. The zero-order valence-corrected chi connectivity index (χ0v) is 12.2. The van der Waals surface area contributed by atoms with Gasteiger partial charge in [-0.05, 0) is 26.4 Å². The van der Waals surface area contributed by atoms with Crippen LogP contribution >= 0.6 is 0 Å². The molecule has 1 aromatic rings. The van der Waals surface area contributed by atoms with Gasteiger partial charge in [0.25, 0.3) is 0 Å². The van der Waals surface area contributed by atoms with Gasteiger partial charge in [-0.25, -0.2) is 0 Å². The standard InChI is InChI=1S/C13H27N5/c1-5-12(4)17(7-3)8-9-18-11-13(15-16-18)10-14-6-2/h11-12,14H,5-10H2,1-4H3. The number of nitrogens with zero attached hydrogens (tertiary/aromatic N) is 4. The first-order valence-corrected chi connectivity index (χ1v) is 7.04. The highest BCUT2D eigenvalue weighted by Gasteiger charge is 2.10. The van der Waals surface area contributed by atoms with Crippen LogP contribution in [0.15, 0.2) is 6.20 Å². The van der Waals surface area contributed by atoms with Crippen molar-refractivity contribution in [2.24, 2.45) is 0 Å². The lowest BCUT2D eigenvalue weighted by Gasteiger charge is -2.26. The van der Waals surface area contributed by atoms with Crippen LogP contribution in [0.3, 0.4) is 0 Å². The minimum Gasteiger partial charge on any atom is -0.311 e. The van der Waals surface area contributed by atoms with E-state index in [0.29, 0.717) is 6.04 Å². The van der Waals surface area contributed by atoms with Crippen LogP contribution in [0.4, 0.5) is 0 Å². The summed E-state index contributed by atoms with van der Waals surface area (Å²) in [6.07, 6.45) is 3.23. The molecule has 0 saturated carbocycles. The van der Waals surface area contributed by atoms with Crippen molar-refractivity contribution in [2.75, 3.05) is 19.6 Å². The van der Waals surface area contributed by atoms with Gasteiger partial charge in [-0.3, -0.25) is 9.58 Å². The van der Waals surface area contributed by atoms with Gasteiger partial charge < -0.3 is 5.32 Å². The van der Waals surface area contributed by atoms with Gasteiger partial charge in [0.05, 0.1) is 12.2 Å². The van der Waals surface area contributed by atoms with Crippen molar-refractivity contribution in [3.05, 3.63) is 11.9 Å². The van der Waals surface area contributed by atoms with Crippen LogP contribution < -0.4 is 5.32 Å². The first-order chi connectivity index (χ1) is 8.71. The lowest BCUT2D eigenvalue weighted by atomic mass is 10.2. The molecule has 0 amide bonds. The maximum atomic E-state index is 4.16. The Morgan fingerprint density at radius 1 is 1.39 bits per heavy atom. The van der Waals surface area contributed by atoms with E-state index in [2.05, 4.69) is 48.2 Å². The van der Waals surface area contributed by atoms with Gasteiger partial charge in [0.1, 0.15) is 0 Å². The molecule has 5 nitrogen and oxygen atoms in total. The van der Waals surface area contributed by atoms with Crippen molar-refractivity contribution in [3.63, 3.8) is 0 Å². The van der Waals surface area contributed by atoms with E-state index in [1.807, 2.05) is 10.9 Å². The fraction of sp³-hybridized carbons (Fsp3) is 0.846. The zero-order valence-electron chi connectivity index (χ0n) is 12.2. The Hall–Kier alpha value is -0.940. The molecule has 0 radical (unpaired) electrons. The number of hydrogen-bond acceptors (Lipinski definition) is 4. The van der Waals surface area contributed by atoms with Crippen LogP contribution in [-0.4, -0.2) is 45.6 Å². The highest BCUT2D eigenvalue weighted by Crippen LogP contribution is 2.03. The molecule has 0 aliphatic carbocycles. The van der Waals surface area contributed by atoms with E-state index in [1.54, 1.807) is 0 Å². The summed E-state index contributed by atoms with van der Waals surface area (Å²) in [4.78, 5) is 2.48. The summed E-state index contributed by atoms with van der Waals surface area (Å²) >= 11 is 0. The fourth-order valence-electron chi connectivity index (χ4n) is 1.96. The lowest BCUT2D eigenvalue weighted by molar-refractivity contribution is 0.203. The molecule has 1 unspecified atom stereocenters. The van der Waals surface area contributed by atoms with Gasteiger partial charge in [0, 0.05) is 25.3 Å². The summed E-state index contributed by atoms with van der Waals surface area (Å²) in [5, 5.41) is 11.6. The molecule has 1 aromatic heterocycles. The largest absolute Gasteiger partial charge is 0.311 e. The summed E-state index contributed by atoms with van der Waals surface area (Å²) in [7, 11) is 0. The Balaban J connectivity index is 2.39. The molecule has 1 N–H and O–H groups in total. The number of rotatable bonds is 9. The quantitative estimate of drug-likeness (QED) is 0.724. The molecule has 0 aliphatic heterocycles. The van der Waals surface area contributed by atoms with Gasteiger partial charge in [0.2, 0.25) is 0 Å². The Kier molecular flexibility index (Phi) is 6.90. The monoisotopic (exact) mass is 253 g/mol. The Morgan fingerprint density at radius 2 is 2.17 bits per heavy atom. The maximum absolute atomic E-state index is 4.16. The van der Waals surface area contributed by atoms with Gasteiger partial charge in [-0.2, -0.15) is 0 Å². The summed E-state index contributed by atoms with van der Waals surface area (Å²) < 4.78 is 1.94. The van der Waals surface area contributed by atoms with Crippen LogP contribution in [0.2, 0.25) is 0 Å². The van der Waals surface area contributed by atoms with Gasteiger partial charge in [0.15, 0.2) is 0 Å². The first-order valence-electron chi connectivity index (χ1n) is 7.04. The SMILES string of the molecule is CCNCc1cn(CCN(CC)C(C)CC)nn1. The number of hydrogen-bond donors (Lipinski definition) is 1. The fourth-order valence-corrected chi connectivity index (χ4v) is 1.96. The molecular formula is C13H27N5. The Labute approximate surface area is 111 Å². The van der Waals surface area contributed by atoms with Crippen LogP contribution in [0.25, 0.3) is 0 Å². The molecular weight excluding hydrogens is 226 g/mol. The number of aromatic nitrogens is 3. The third-order valence-electron chi connectivity index (χ3n) is 3.38. The maximum Gasteiger partial charge on any atom is 0.0964 e. The smallest absolute Gasteiger partial charge is 0.0964 e. The molecule has 1 heterocycles. The van der Waals surface area contributed by atoms with Crippen molar-refractivity contribution in [1.82, 2.24) is 25.2 Å². The van der Waals surface area contributed by atoms with E-state index in [-0.39, 0.29) is 0 Å². The molecule has 18 heavy (non-hydrogen) atoms. The Morgan fingerprint density at radius 3 is 2.78 bits per heavy atom. The van der Waals surface area contributed by atoms with E-state index >= 15 is 0 Å². The molecule has 0 aromatic carbocycles. The molecule has 0 saturated heterocycles. The normalized spacial score (nSPS) is 13.2. The highest BCUT2D eigenvalue weighted by molar-refractivity contribution is 4.91. The first kappa shape index (κ1) is 15.1. The molecule has 1 rings (SSSR count). The second-order valence-corrected chi connectivity index (χ2v) is 4.64. The molecule has 0 aliphatic rings. The van der Waals surface area contributed by atoms with Crippen LogP contribution in [0, 0.1) is 0 Å². The average molecular weight is 253 g/mol. The van der Waals surface area contributed by atoms with E-state index in [9.17, 15) is 0 Å². The minimum atomic E-state index is 0.639. The summed E-state index contributed by atoms with van der Waals surface area (Å²) in [6.45, 7) is 13.6. The van der Waals surface area contributed by atoms with Gasteiger partial charge in [-0.15, -0.1) is 5.10 Å². The predicted molar refractivity (Wildman–Crippen MR) is 74.4 cm³/mol. The van der Waals surface area contributed by atoms with E-state index in [4.69, 9.17) is 0 Å².